The summed E-state index contributed by atoms with van der Waals surface area (Å²) in [6.07, 6.45) is 1.44. The van der Waals surface area contributed by atoms with Gasteiger partial charge in [-0.2, -0.15) is 5.10 Å². The van der Waals surface area contributed by atoms with Crippen molar-refractivity contribution < 1.29 is 9.21 Å². The van der Waals surface area contributed by atoms with Crippen molar-refractivity contribution in [2.75, 3.05) is 0 Å². The molecule has 0 unspecified atom stereocenters. The zero-order chi connectivity index (χ0) is 17.6. The molecule has 7 heteroatoms. The highest BCUT2D eigenvalue weighted by molar-refractivity contribution is 9.10. The monoisotopic (exact) mass is 434 g/mol. The number of halogens is 2. The van der Waals surface area contributed by atoms with Gasteiger partial charge < -0.3 is 4.42 Å². The SMILES string of the molecule is O=C(N/N=C\c1cc(Br)c(Sc2ccccc2)o1)c1ccccc1Cl. The lowest BCUT2D eigenvalue weighted by atomic mass is 10.2. The van der Waals surface area contributed by atoms with Crippen LogP contribution in [0.4, 0.5) is 0 Å². The maximum Gasteiger partial charge on any atom is 0.272 e. The number of carbonyl (C=O) groups excluding carboxylic acids is 1. The van der Waals surface area contributed by atoms with E-state index in [1.54, 1.807) is 30.3 Å². The topological polar surface area (TPSA) is 54.6 Å². The van der Waals surface area contributed by atoms with Gasteiger partial charge in [-0.1, -0.05) is 53.7 Å². The Morgan fingerprint density at radius 2 is 1.88 bits per heavy atom. The summed E-state index contributed by atoms with van der Waals surface area (Å²) in [5.41, 5.74) is 2.79. The minimum Gasteiger partial charge on any atom is -0.447 e. The number of hydrogen-bond donors (Lipinski definition) is 1. The van der Waals surface area contributed by atoms with Gasteiger partial charge in [0.25, 0.3) is 5.91 Å². The molecular weight excluding hydrogens is 424 g/mol. The van der Waals surface area contributed by atoms with E-state index in [2.05, 4.69) is 26.5 Å². The number of carbonyl (C=O) groups is 1. The molecule has 3 aromatic rings. The van der Waals surface area contributed by atoms with E-state index >= 15 is 0 Å². The van der Waals surface area contributed by atoms with E-state index < -0.39 is 0 Å². The fourth-order valence-corrected chi connectivity index (χ4v) is 3.53. The molecule has 0 aliphatic carbocycles. The van der Waals surface area contributed by atoms with E-state index in [0.717, 1.165) is 9.37 Å². The van der Waals surface area contributed by atoms with Crippen molar-refractivity contribution in [3.05, 3.63) is 81.5 Å². The summed E-state index contributed by atoms with van der Waals surface area (Å²) in [6, 6.07) is 18.4. The molecule has 126 valence electrons. The lowest BCUT2D eigenvalue weighted by Gasteiger charge is -2.01. The quantitative estimate of drug-likeness (QED) is 0.418. The highest BCUT2D eigenvalue weighted by atomic mass is 79.9. The third kappa shape index (κ3) is 4.75. The lowest BCUT2D eigenvalue weighted by molar-refractivity contribution is 0.0955. The molecule has 0 bridgehead atoms. The van der Waals surface area contributed by atoms with Crippen molar-refractivity contribution in [1.82, 2.24) is 5.43 Å². The highest BCUT2D eigenvalue weighted by Crippen LogP contribution is 2.35. The van der Waals surface area contributed by atoms with Crippen LogP contribution in [0.2, 0.25) is 5.02 Å². The molecule has 1 amide bonds. The summed E-state index contributed by atoms with van der Waals surface area (Å²) in [7, 11) is 0. The molecular formula is C18H12BrClN2O2S. The molecule has 0 aliphatic rings. The molecule has 0 atom stereocenters. The minimum atomic E-state index is -0.383. The molecule has 0 saturated carbocycles. The first-order valence-corrected chi connectivity index (χ1v) is 9.22. The molecule has 1 N–H and O–H groups in total. The van der Waals surface area contributed by atoms with E-state index in [0.29, 0.717) is 21.4 Å². The van der Waals surface area contributed by atoms with Gasteiger partial charge in [0, 0.05) is 11.0 Å². The van der Waals surface area contributed by atoms with Gasteiger partial charge in [0.05, 0.1) is 21.3 Å². The van der Waals surface area contributed by atoms with E-state index in [4.69, 9.17) is 16.0 Å². The number of amides is 1. The zero-order valence-electron chi connectivity index (χ0n) is 12.8. The van der Waals surface area contributed by atoms with Crippen molar-refractivity contribution in [1.29, 1.82) is 0 Å². The van der Waals surface area contributed by atoms with Gasteiger partial charge in [0.15, 0.2) is 5.09 Å². The molecule has 2 aromatic carbocycles. The molecule has 25 heavy (non-hydrogen) atoms. The maximum absolute atomic E-state index is 12.0. The molecule has 3 rings (SSSR count). The van der Waals surface area contributed by atoms with Crippen LogP contribution in [0.15, 0.2) is 84.6 Å². The van der Waals surface area contributed by atoms with Crippen molar-refractivity contribution >= 4 is 51.4 Å². The Hall–Kier alpha value is -2.02. The van der Waals surface area contributed by atoms with Crippen molar-refractivity contribution in [2.24, 2.45) is 5.10 Å². The summed E-state index contributed by atoms with van der Waals surface area (Å²) in [5.74, 6) is 0.135. The van der Waals surface area contributed by atoms with E-state index in [9.17, 15) is 4.79 Å². The second-order valence-corrected chi connectivity index (χ2v) is 7.19. The van der Waals surface area contributed by atoms with Gasteiger partial charge in [0.1, 0.15) is 5.76 Å². The van der Waals surface area contributed by atoms with E-state index in [1.165, 1.54) is 18.0 Å². The number of hydrogen-bond acceptors (Lipinski definition) is 4. The van der Waals surface area contributed by atoms with Crippen molar-refractivity contribution in [2.45, 2.75) is 9.99 Å². The minimum absolute atomic E-state index is 0.363. The number of nitrogens with one attached hydrogen (secondary N) is 1. The summed E-state index contributed by atoms with van der Waals surface area (Å²) < 4.78 is 6.54. The normalized spacial score (nSPS) is 11.0. The summed E-state index contributed by atoms with van der Waals surface area (Å²) in [5, 5.41) is 5.00. The molecule has 0 aliphatic heterocycles. The maximum atomic E-state index is 12.0. The van der Waals surface area contributed by atoms with Crippen LogP contribution in [-0.4, -0.2) is 12.1 Å². The third-order valence-corrected chi connectivity index (χ3v) is 5.28. The predicted molar refractivity (Wildman–Crippen MR) is 103 cm³/mol. The average molecular weight is 436 g/mol. The second kappa shape index (κ2) is 8.38. The van der Waals surface area contributed by atoms with Crippen LogP contribution in [0.25, 0.3) is 0 Å². The van der Waals surface area contributed by atoms with Crippen LogP contribution in [-0.2, 0) is 0 Å². The molecule has 1 heterocycles. The van der Waals surface area contributed by atoms with Gasteiger partial charge in [-0.3, -0.25) is 4.79 Å². The van der Waals surface area contributed by atoms with Crippen molar-refractivity contribution in [3.63, 3.8) is 0 Å². The summed E-state index contributed by atoms with van der Waals surface area (Å²) in [4.78, 5) is 13.1. The Kier molecular flexibility index (Phi) is 5.96. The van der Waals surface area contributed by atoms with E-state index in [1.807, 2.05) is 30.3 Å². The Morgan fingerprint density at radius 1 is 1.16 bits per heavy atom. The first-order chi connectivity index (χ1) is 12.1. The Balaban J connectivity index is 1.65. The van der Waals surface area contributed by atoms with Crippen LogP contribution in [0.3, 0.4) is 0 Å². The Morgan fingerprint density at radius 3 is 2.64 bits per heavy atom. The first kappa shape index (κ1) is 17.8. The second-order valence-electron chi connectivity index (χ2n) is 4.88. The standard InChI is InChI=1S/C18H12BrClN2O2S/c19-15-10-12(24-18(15)25-13-6-2-1-3-7-13)11-21-22-17(23)14-8-4-5-9-16(14)20/h1-11H,(H,22,23)/b21-11-. The molecule has 0 fully saturated rings. The molecule has 0 spiro atoms. The largest absolute Gasteiger partial charge is 0.447 e. The van der Waals surface area contributed by atoms with Gasteiger partial charge in [-0.15, -0.1) is 0 Å². The van der Waals surface area contributed by atoms with Crippen molar-refractivity contribution in [3.8, 4) is 0 Å². The summed E-state index contributed by atoms with van der Waals surface area (Å²) >= 11 is 10.9. The lowest BCUT2D eigenvalue weighted by Crippen LogP contribution is -2.17. The Bertz CT molecular complexity index is 912. The number of furan rings is 1. The smallest absolute Gasteiger partial charge is 0.272 e. The van der Waals surface area contributed by atoms with Crippen LogP contribution in [0.1, 0.15) is 16.1 Å². The Labute approximate surface area is 162 Å². The number of nitrogens with zero attached hydrogens (tertiary/aromatic N) is 1. The molecule has 0 saturated heterocycles. The highest BCUT2D eigenvalue weighted by Gasteiger charge is 2.10. The van der Waals surface area contributed by atoms with Gasteiger partial charge >= 0.3 is 0 Å². The van der Waals surface area contributed by atoms with Crippen LogP contribution >= 0.6 is 39.3 Å². The number of benzene rings is 2. The molecule has 0 radical (unpaired) electrons. The number of rotatable bonds is 5. The number of hydrazone groups is 1. The van der Waals surface area contributed by atoms with Gasteiger partial charge in [-0.25, -0.2) is 5.43 Å². The van der Waals surface area contributed by atoms with E-state index in [-0.39, 0.29) is 5.91 Å². The van der Waals surface area contributed by atoms with Gasteiger partial charge in [0.2, 0.25) is 0 Å². The zero-order valence-corrected chi connectivity index (χ0v) is 15.9. The van der Waals surface area contributed by atoms with Crippen LogP contribution in [0, 0.1) is 0 Å². The molecule has 1 aromatic heterocycles. The van der Waals surface area contributed by atoms with Gasteiger partial charge in [-0.05, 0) is 40.2 Å². The van der Waals surface area contributed by atoms with Crippen LogP contribution in [0.5, 0.6) is 0 Å². The average Bonchev–Trinajstić information content (AvgIpc) is 2.95. The van der Waals surface area contributed by atoms with Crippen LogP contribution < -0.4 is 5.43 Å². The first-order valence-electron chi connectivity index (χ1n) is 7.23. The predicted octanol–water partition coefficient (Wildman–Crippen LogP) is 5.61. The fraction of sp³-hybridized carbons (Fsp3) is 0. The fourth-order valence-electron chi connectivity index (χ4n) is 1.96. The summed E-state index contributed by atoms with van der Waals surface area (Å²) in [6.45, 7) is 0. The molecule has 4 nitrogen and oxygen atoms in total. The third-order valence-electron chi connectivity index (χ3n) is 3.10.